The van der Waals surface area contributed by atoms with Gasteiger partial charge < -0.3 is 5.11 Å². The molecule has 0 aromatic rings. The lowest BCUT2D eigenvalue weighted by Gasteiger charge is -2.25. The van der Waals surface area contributed by atoms with Crippen LogP contribution < -0.4 is 0 Å². The van der Waals surface area contributed by atoms with Crippen LogP contribution in [0.5, 0.6) is 0 Å². The van der Waals surface area contributed by atoms with E-state index in [9.17, 15) is 22.0 Å². The lowest BCUT2D eigenvalue weighted by atomic mass is 10.3. The molecule has 0 aromatic heterocycles. The van der Waals surface area contributed by atoms with Gasteiger partial charge in [-0.15, -0.1) is 11.8 Å². The number of halogens is 2. The summed E-state index contributed by atoms with van der Waals surface area (Å²) in [7, 11) is -4.84. The molecule has 1 aliphatic heterocycles. The first-order chi connectivity index (χ1) is 7.82. The number of nitrogens with zero attached hydrogens (tertiary/aromatic N) is 1. The van der Waals surface area contributed by atoms with Crippen molar-refractivity contribution in [1.82, 2.24) is 4.31 Å². The molecule has 1 fully saturated rings. The number of thioether (sulfide) groups is 1. The summed E-state index contributed by atoms with van der Waals surface area (Å²) in [6.07, 6.45) is 0.958. The van der Waals surface area contributed by atoms with Crippen molar-refractivity contribution >= 4 is 27.8 Å². The van der Waals surface area contributed by atoms with Crippen LogP contribution in [0, 0.1) is 0 Å². The number of alkyl halides is 2. The van der Waals surface area contributed by atoms with Gasteiger partial charge in [-0.25, -0.2) is 8.42 Å². The van der Waals surface area contributed by atoms with Crippen molar-refractivity contribution in [3.05, 3.63) is 0 Å². The van der Waals surface area contributed by atoms with Crippen molar-refractivity contribution in [2.24, 2.45) is 0 Å². The highest BCUT2D eigenvalue weighted by Gasteiger charge is 2.48. The first-order valence-corrected chi connectivity index (χ1v) is 7.52. The minimum atomic E-state index is -4.84. The van der Waals surface area contributed by atoms with Gasteiger partial charge in [-0.1, -0.05) is 13.3 Å². The van der Waals surface area contributed by atoms with Gasteiger partial charge in [-0.05, 0) is 6.42 Å². The van der Waals surface area contributed by atoms with Crippen LogP contribution in [0.15, 0.2) is 0 Å². The number of carboxylic acids is 1. The van der Waals surface area contributed by atoms with E-state index in [1.54, 1.807) is 6.92 Å². The highest BCUT2D eigenvalue weighted by atomic mass is 32.2. The van der Waals surface area contributed by atoms with Crippen LogP contribution in [0.25, 0.3) is 0 Å². The highest BCUT2D eigenvalue weighted by molar-refractivity contribution is 8.01. The van der Waals surface area contributed by atoms with Crippen LogP contribution in [0.2, 0.25) is 0 Å². The van der Waals surface area contributed by atoms with Gasteiger partial charge in [-0.3, -0.25) is 4.79 Å². The fourth-order valence-corrected chi connectivity index (χ4v) is 4.80. The Bertz CT molecular complexity index is 387. The number of hydrogen-bond acceptors (Lipinski definition) is 4. The average Bonchev–Trinajstić information content (AvgIpc) is 2.62. The topological polar surface area (TPSA) is 74.7 Å². The molecule has 0 amide bonds. The molecule has 2 atom stereocenters. The van der Waals surface area contributed by atoms with Crippen molar-refractivity contribution in [3.63, 3.8) is 0 Å². The second kappa shape index (κ2) is 5.49. The molecular formula is C8H13F2NO4S2. The Balaban J connectivity index is 3.05. The lowest BCUT2D eigenvalue weighted by molar-refractivity contribution is -0.140. The predicted octanol–water partition coefficient (Wildman–Crippen LogP) is 1.17. The fraction of sp³-hybridized carbons (Fsp3) is 0.875. The second-order valence-electron chi connectivity index (χ2n) is 3.57. The summed E-state index contributed by atoms with van der Waals surface area (Å²) in [5, 5.41) is 8.14. The van der Waals surface area contributed by atoms with Crippen LogP contribution in [-0.2, 0) is 14.8 Å². The molecule has 2 unspecified atom stereocenters. The smallest absolute Gasteiger partial charge is 0.350 e. The minimum Gasteiger partial charge on any atom is -0.480 e. The van der Waals surface area contributed by atoms with E-state index in [1.165, 1.54) is 0 Å². The van der Waals surface area contributed by atoms with Crippen molar-refractivity contribution < 1.29 is 27.1 Å². The summed E-state index contributed by atoms with van der Waals surface area (Å²) in [5.74, 6) is -4.96. The molecule has 1 N–H and O–H groups in total. The lowest BCUT2D eigenvalue weighted by Crippen LogP contribution is -2.47. The summed E-state index contributed by atoms with van der Waals surface area (Å²) in [4.78, 5) is 10.9. The normalized spacial score (nSPS) is 26.6. The van der Waals surface area contributed by atoms with Gasteiger partial charge in [0.25, 0.3) is 10.0 Å². The molecule has 0 bridgehead atoms. The number of carbonyl (C=O) groups is 1. The van der Waals surface area contributed by atoms with Crippen LogP contribution in [0.3, 0.4) is 0 Å². The van der Waals surface area contributed by atoms with Gasteiger partial charge in [0.05, 0.1) is 5.37 Å². The molecular weight excluding hydrogens is 276 g/mol. The molecule has 17 heavy (non-hydrogen) atoms. The van der Waals surface area contributed by atoms with E-state index in [0.717, 1.165) is 11.8 Å². The molecule has 1 aliphatic rings. The number of aliphatic carboxylic acids is 1. The molecule has 1 heterocycles. The third kappa shape index (κ3) is 2.89. The van der Waals surface area contributed by atoms with Crippen LogP contribution in [0.4, 0.5) is 8.78 Å². The van der Waals surface area contributed by atoms with E-state index in [1.807, 2.05) is 0 Å². The van der Waals surface area contributed by atoms with E-state index < -0.39 is 33.2 Å². The van der Waals surface area contributed by atoms with Gasteiger partial charge in [0.2, 0.25) is 0 Å². The maximum Gasteiger partial charge on any atom is 0.350 e. The number of carboxylic acid groups (broad SMARTS) is 1. The maximum absolute atomic E-state index is 12.5. The van der Waals surface area contributed by atoms with Crippen molar-refractivity contribution in [2.75, 3.05) is 5.75 Å². The molecule has 0 radical (unpaired) electrons. The fourth-order valence-electron chi connectivity index (χ4n) is 1.62. The van der Waals surface area contributed by atoms with Crippen molar-refractivity contribution in [3.8, 4) is 0 Å². The summed E-state index contributed by atoms with van der Waals surface area (Å²) < 4.78 is 48.3. The highest BCUT2D eigenvalue weighted by Crippen LogP contribution is 2.36. The summed E-state index contributed by atoms with van der Waals surface area (Å²) >= 11 is 1.09. The molecule has 5 nitrogen and oxygen atoms in total. The van der Waals surface area contributed by atoms with Crippen LogP contribution >= 0.6 is 11.8 Å². The largest absolute Gasteiger partial charge is 0.480 e. The molecule has 1 saturated heterocycles. The molecule has 1 rings (SSSR count). The van der Waals surface area contributed by atoms with Gasteiger partial charge in [0.1, 0.15) is 6.04 Å². The molecule has 0 aromatic carbocycles. The summed E-state index contributed by atoms with van der Waals surface area (Å²) in [5.41, 5.74) is 0. The second-order valence-corrected chi connectivity index (χ2v) is 6.58. The van der Waals surface area contributed by atoms with Gasteiger partial charge >= 0.3 is 11.7 Å². The first kappa shape index (κ1) is 14.7. The van der Waals surface area contributed by atoms with Crippen molar-refractivity contribution in [1.29, 1.82) is 0 Å². The average molecular weight is 289 g/mol. The number of rotatable bonds is 5. The molecule has 0 aliphatic carbocycles. The Labute approximate surface area is 102 Å². The van der Waals surface area contributed by atoms with Crippen molar-refractivity contribution in [2.45, 2.75) is 36.9 Å². The SMILES string of the molecule is CCCC1SCC(C(=O)O)N1S(=O)(=O)C(F)F. The molecule has 0 spiro atoms. The molecule has 0 saturated carbocycles. The number of hydrogen-bond donors (Lipinski definition) is 1. The van der Waals surface area contributed by atoms with E-state index in [0.29, 0.717) is 17.1 Å². The predicted molar refractivity (Wildman–Crippen MR) is 59.3 cm³/mol. The standard InChI is InChI=1S/C8H13F2NO4S2/c1-2-3-6-11(17(14,15)8(9)10)5(4-16-6)7(12)13/h5-6,8H,2-4H2,1H3,(H,12,13). The summed E-state index contributed by atoms with van der Waals surface area (Å²) in [6.45, 7) is 1.78. The zero-order chi connectivity index (χ0) is 13.2. The Hall–Kier alpha value is -0.410. The quantitative estimate of drug-likeness (QED) is 0.822. The Morgan fingerprint density at radius 3 is 2.59 bits per heavy atom. The van der Waals surface area contributed by atoms with E-state index in [4.69, 9.17) is 5.11 Å². The monoisotopic (exact) mass is 289 g/mol. The minimum absolute atomic E-state index is 0.00590. The van der Waals surface area contributed by atoms with Gasteiger partial charge in [0.15, 0.2) is 0 Å². The maximum atomic E-state index is 12.5. The molecule has 100 valence electrons. The summed E-state index contributed by atoms with van der Waals surface area (Å²) in [6, 6.07) is -1.39. The number of sulfonamides is 1. The Kier molecular flexibility index (Phi) is 4.73. The Morgan fingerprint density at radius 1 is 1.59 bits per heavy atom. The third-order valence-electron chi connectivity index (χ3n) is 2.38. The van der Waals surface area contributed by atoms with Crippen LogP contribution in [-0.4, -0.2) is 46.7 Å². The third-order valence-corrected chi connectivity index (χ3v) is 5.41. The molecule has 9 heteroatoms. The van der Waals surface area contributed by atoms with Crippen LogP contribution in [0.1, 0.15) is 19.8 Å². The zero-order valence-electron chi connectivity index (χ0n) is 9.04. The zero-order valence-corrected chi connectivity index (χ0v) is 10.7. The van der Waals surface area contributed by atoms with E-state index >= 15 is 0 Å². The van der Waals surface area contributed by atoms with Gasteiger partial charge in [0, 0.05) is 5.75 Å². The first-order valence-electron chi connectivity index (χ1n) is 4.97. The van der Waals surface area contributed by atoms with E-state index in [-0.39, 0.29) is 5.75 Å². The Morgan fingerprint density at radius 2 is 2.18 bits per heavy atom. The van der Waals surface area contributed by atoms with E-state index in [2.05, 4.69) is 0 Å². The van der Waals surface area contributed by atoms with Gasteiger partial charge in [-0.2, -0.15) is 13.1 Å².